The molecule has 0 aliphatic rings. The Balaban J connectivity index is 2.56. The molecule has 0 aromatic heterocycles. The molecular formula is C14H22N2O2. The smallest absolute Gasteiger partial charge is 0.222 e. The monoisotopic (exact) mass is 250 g/mol. The summed E-state index contributed by atoms with van der Waals surface area (Å²) in [6.07, 6.45) is 0.279. The second-order valence-electron chi connectivity index (χ2n) is 4.83. The second-order valence-corrected chi connectivity index (χ2v) is 4.83. The van der Waals surface area contributed by atoms with Crippen LogP contribution in [0.2, 0.25) is 0 Å². The van der Waals surface area contributed by atoms with E-state index in [1.807, 2.05) is 44.2 Å². The summed E-state index contributed by atoms with van der Waals surface area (Å²) >= 11 is 0. The van der Waals surface area contributed by atoms with Crippen LogP contribution in [0.25, 0.3) is 0 Å². The number of aliphatic hydroxyl groups is 1. The molecule has 1 amide bonds. The normalized spacial score (nSPS) is 14.3. The maximum Gasteiger partial charge on any atom is 0.222 e. The molecule has 0 heterocycles. The number of nitrogens with one attached hydrogen (secondary N) is 1. The molecule has 4 heteroatoms. The van der Waals surface area contributed by atoms with Gasteiger partial charge in [0.2, 0.25) is 5.91 Å². The lowest BCUT2D eigenvalue weighted by Crippen LogP contribution is -2.37. The van der Waals surface area contributed by atoms with Crippen molar-refractivity contribution in [1.29, 1.82) is 0 Å². The molecular weight excluding hydrogens is 228 g/mol. The topological polar surface area (TPSA) is 75.4 Å². The van der Waals surface area contributed by atoms with Crippen LogP contribution in [-0.2, 0) is 4.79 Å². The fourth-order valence-corrected chi connectivity index (χ4v) is 1.62. The molecule has 2 atom stereocenters. The second kappa shape index (κ2) is 7.13. The summed E-state index contributed by atoms with van der Waals surface area (Å²) in [6.45, 7) is 3.85. The van der Waals surface area contributed by atoms with Gasteiger partial charge in [0.25, 0.3) is 0 Å². The van der Waals surface area contributed by atoms with Crippen molar-refractivity contribution < 1.29 is 9.90 Å². The Kier molecular flexibility index (Phi) is 5.82. The van der Waals surface area contributed by atoms with Crippen LogP contribution in [0, 0.1) is 5.92 Å². The van der Waals surface area contributed by atoms with Crippen molar-refractivity contribution in [2.24, 2.45) is 11.7 Å². The number of carbonyl (C=O) groups is 1. The molecule has 1 aromatic carbocycles. The minimum absolute atomic E-state index is 0.118. The third-order valence-electron chi connectivity index (χ3n) is 3.00. The molecule has 4 N–H and O–H groups in total. The fraction of sp³-hybridized carbons (Fsp3) is 0.500. The summed E-state index contributed by atoms with van der Waals surface area (Å²) in [5.41, 5.74) is 6.74. The number of hydrogen-bond acceptors (Lipinski definition) is 3. The number of rotatable bonds is 6. The van der Waals surface area contributed by atoms with Crippen molar-refractivity contribution in [3.05, 3.63) is 35.9 Å². The molecule has 1 rings (SSSR count). The third kappa shape index (κ3) is 4.47. The standard InChI is InChI=1S/C14H22N2O2/c1-10(2)12(15)8-14(18)16-13(9-17)11-6-4-3-5-7-11/h3-7,10,12-13,17H,8-9,15H2,1-2H3,(H,16,18)/t12?,13-/m1/s1. The van der Waals surface area contributed by atoms with E-state index in [4.69, 9.17) is 5.73 Å². The summed E-state index contributed by atoms with van der Waals surface area (Å²) in [6, 6.07) is 8.90. The van der Waals surface area contributed by atoms with E-state index >= 15 is 0 Å². The van der Waals surface area contributed by atoms with Crippen molar-refractivity contribution in [3.8, 4) is 0 Å². The van der Waals surface area contributed by atoms with Gasteiger partial charge < -0.3 is 16.2 Å². The van der Waals surface area contributed by atoms with Crippen LogP contribution < -0.4 is 11.1 Å². The highest BCUT2D eigenvalue weighted by atomic mass is 16.3. The van der Waals surface area contributed by atoms with E-state index in [-0.39, 0.29) is 36.9 Å². The highest BCUT2D eigenvalue weighted by Gasteiger charge is 2.17. The highest BCUT2D eigenvalue weighted by molar-refractivity contribution is 5.77. The quantitative estimate of drug-likeness (QED) is 0.710. The number of aliphatic hydroxyl groups excluding tert-OH is 1. The Labute approximate surface area is 108 Å². The summed E-state index contributed by atoms with van der Waals surface area (Å²) in [4.78, 5) is 11.8. The molecule has 0 saturated carbocycles. The zero-order valence-electron chi connectivity index (χ0n) is 11.0. The van der Waals surface area contributed by atoms with E-state index in [0.29, 0.717) is 0 Å². The van der Waals surface area contributed by atoms with Gasteiger partial charge in [-0.1, -0.05) is 44.2 Å². The number of carbonyl (C=O) groups excluding carboxylic acids is 1. The van der Waals surface area contributed by atoms with E-state index in [9.17, 15) is 9.90 Å². The molecule has 0 aliphatic carbocycles. The van der Waals surface area contributed by atoms with Crippen LogP contribution in [0.4, 0.5) is 0 Å². The minimum atomic E-state index is -0.363. The van der Waals surface area contributed by atoms with E-state index < -0.39 is 0 Å². The SMILES string of the molecule is CC(C)C(N)CC(=O)N[C@H](CO)c1ccccc1. The predicted octanol–water partition coefficient (Wildman–Crippen LogP) is 1.21. The van der Waals surface area contributed by atoms with Crippen molar-refractivity contribution in [3.63, 3.8) is 0 Å². The van der Waals surface area contributed by atoms with Gasteiger partial charge in [-0.05, 0) is 11.5 Å². The molecule has 0 bridgehead atoms. The van der Waals surface area contributed by atoms with Gasteiger partial charge in [-0.15, -0.1) is 0 Å². The molecule has 0 radical (unpaired) electrons. The van der Waals surface area contributed by atoms with Crippen LogP contribution in [0.15, 0.2) is 30.3 Å². The van der Waals surface area contributed by atoms with Gasteiger partial charge in [0.1, 0.15) is 0 Å². The predicted molar refractivity (Wildman–Crippen MR) is 71.8 cm³/mol. The first-order valence-electron chi connectivity index (χ1n) is 6.25. The molecule has 0 fully saturated rings. The van der Waals surface area contributed by atoms with Crippen molar-refractivity contribution >= 4 is 5.91 Å². The maximum absolute atomic E-state index is 11.8. The van der Waals surface area contributed by atoms with Crippen LogP contribution in [0.3, 0.4) is 0 Å². The van der Waals surface area contributed by atoms with Gasteiger partial charge in [0, 0.05) is 12.5 Å². The van der Waals surface area contributed by atoms with E-state index in [2.05, 4.69) is 5.32 Å². The highest BCUT2D eigenvalue weighted by Crippen LogP contribution is 2.12. The molecule has 100 valence electrons. The third-order valence-corrected chi connectivity index (χ3v) is 3.00. The number of benzene rings is 1. The van der Waals surface area contributed by atoms with Crippen LogP contribution in [-0.4, -0.2) is 23.7 Å². The van der Waals surface area contributed by atoms with Crippen molar-refractivity contribution in [2.45, 2.75) is 32.4 Å². The van der Waals surface area contributed by atoms with Gasteiger partial charge >= 0.3 is 0 Å². The van der Waals surface area contributed by atoms with Crippen molar-refractivity contribution in [2.75, 3.05) is 6.61 Å². The lowest BCUT2D eigenvalue weighted by molar-refractivity contribution is -0.122. The molecule has 0 aliphatic heterocycles. The lowest BCUT2D eigenvalue weighted by atomic mass is 10.0. The minimum Gasteiger partial charge on any atom is -0.394 e. The largest absolute Gasteiger partial charge is 0.394 e. The van der Waals surface area contributed by atoms with Crippen LogP contribution in [0.1, 0.15) is 31.9 Å². The van der Waals surface area contributed by atoms with E-state index in [1.54, 1.807) is 0 Å². The average molecular weight is 250 g/mol. The van der Waals surface area contributed by atoms with Crippen LogP contribution >= 0.6 is 0 Å². The first-order chi connectivity index (χ1) is 8.54. The summed E-state index contributed by atoms with van der Waals surface area (Å²) in [7, 11) is 0. The van der Waals surface area contributed by atoms with Crippen LogP contribution in [0.5, 0.6) is 0 Å². The lowest BCUT2D eigenvalue weighted by Gasteiger charge is -2.19. The zero-order chi connectivity index (χ0) is 13.5. The zero-order valence-corrected chi connectivity index (χ0v) is 11.0. The molecule has 18 heavy (non-hydrogen) atoms. The van der Waals surface area contributed by atoms with Gasteiger partial charge in [-0.3, -0.25) is 4.79 Å². The molecule has 1 unspecified atom stereocenters. The first-order valence-corrected chi connectivity index (χ1v) is 6.25. The summed E-state index contributed by atoms with van der Waals surface area (Å²) < 4.78 is 0. The Morgan fingerprint density at radius 3 is 2.44 bits per heavy atom. The Bertz CT molecular complexity index is 365. The van der Waals surface area contributed by atoms with Gasteiger partial charge in [-0.25, -0.2) is 0 Å². The van der Waals surface area contributed by atoms with Crippen molar-refractivity contribution in [1.82, 2.24) is 5.32 Å². The number of hydrogen-bond donors (Lipinski definition) is 3. The fourth-order valence-electron chi connectivity index (χ4n) is 1.62. The van der Waals surface area contributed by atoms with E-state index in [1.165, 1.54) is 0 Å². The number of nitrogens with two attached hydrogens (primary N) is 1. The Hall–Kier alpha value is -1.39. The van der Waals surface area contributed by atoms with Gasteiger partial charge in [-0.2, -0.15) is 0 Å². The molecule has 1 aromatic rings. The maximum atomic E-state index is 11.8. The van der Waals surface area contributed by atoms with Gasteiger partial charge in [0.15, 0.2) is 0 Å². The molecule has 0 spiro atoms. The Morgan fingerprint density at radius 2 is 1.94 bits per heavy atom. The summed E-state index contributed by atoms with van der Waals surface area (Å²) in [5.74, 6) is 0.138. The first kappa shape index (κ1) is 14.7. The van der Waals surface area contributed by atoms with Gasteiger partial charge in [0.05, 0.1) is 12.6 Å². The van der Waals surface area contributed by atoms with E-state index in [0.717, 1.165) is 5.56 Å². The summed E-state index contributed by atoms with van der Waals surface area (Å²) in [5, 5.41) is 12.1. The number of amides is 1. The molecule has 4 nitrogen and oxygen atoms in total. The molecule has 0 saturated heterocycles. The Morgan fingerprint density at radius 1 is 1.33 bits per heavy atom. The average Bonchev–Trinajstić information content (AvgIpc) is 2.36.